The molecule has 5 heteroatoms. The number of amides is 1. The zero-order chi connectivity index (χ0) is 16.7. The molecule has 0 fully saturated rings. The topological polar surface area (TPSA) is 46.9 Å². The van der Waals surface area contributed by atoms with Crippen molar-refractivity contribution in [2.45, 2.75) is 19.3 Å². The van der Waals surface area contributed by atoms with Gasteiger partial charge in [0.05, 0.1) is 11.9 Å². The lowest BCUT2D eigenvalue weighted by atomic mass is 9.87. The van der Waals surface area contributed by atoms with Gasteiger partial charge in [0, 0.05) is 22.9 Å². The molecule has 0 radical (unpaired) electrons. The predicted octanol–water partition coefficient (Wildman–Crippen LogP) is 4.31. The normalized spacial score (nSPS) is 16.6. The van der Waals surface area contributed by atoms with E-state index in [0.717, 1.165) is 22.6 Å². The second-order valence-electron chi connectivity index (χ2n) is 6.02. The molecule has 4 rings (SSSR count). The summed E-state index contributed by atoms with van der Waals surface area (Å²) < 4.78 is 1.77. The zero-order valence-electron chi connectivity index (χ0n) is 13.2. The van der Waals surface area contributed by atoms with Gasteiger partial charge in [-0.15, -0.1) is 0 Å². The number of rotatable bonds is 2. The van der Waals surface area contributed by atoms with Crippen molar-refractivity contribution in [3.63, 3.8) is 0 Å². The molecular weight excluding hydrogens is 322 g/mol. The van der Waals surface area contributed by atoms with Crippen LogP contribution in [0.25, 0.3) is 5.69 Å². The van der Waals surface area contributed by atoms with Gasteiger partial charge in [-0.2, -0.15) is 5.10 Å². The number of halogens is 1. The van der Waals surface area contributed by atoms with E-state index in [1.165, 1.54) is 5.56 Å². The summed E-state index contributed by atoms with van der Waals surface area (Å²) in [5.41, 5.74) is 4.04. The fourth-order valence-electron chi connectivity index (χ4n) is 3.14. The van der Waals surface area contributed by atoms with Crippen LogP contribution in [0.2, 0.25) is 5.02 Å². The van der Waals surface area contributed by atoms with E-state index < -0.39 is 0 Å². The molecule has 2 aromatic carbocycles. The minimum absolute atomic E-state index is 0.0266. The molecule has 0 spiro atoms. The van der Waals surface area contributed by atoms with E-state index in [1.807, 2.05) is 61.7 Å². The fraction of sp³-hybridized carbons (Fsp3) is 0.158. The first-order valence-electron chi connectivity index (χ1n) is 7.83. The average molecular weight is 338 g/mol. The maximum atomic E-state index is 12.3. The van der Waals surface area contributed by atoms with Crippen molar-refractivity contribution in [1.29, 1.82) is 0 Å². The second-order valence-corrected chi connectivity index (χ2v) is 6.43. The molecule has 1 atom stereocenters. The van der Waals surface area contributed by atoms with Crippen LogP contribution < -0.4 is 5.32 Å². The molecular formula is C19H16ClN3O. The molecule has 0 unspecified atom stereocenters. The van der Waals surface area contributed by atoms with Gasteiger partial charge in [-0.05, 0) is 30.7 Å². The Kier molecular flexibility index (Phi) is 3.62. The number of hydrogen-bond acceptors (Lipinski definition) is 2. The van der Waals surface area contributed by atoms with Crippen LogP contribution in [0.1, 0.15) is 29.0 Å². The Morgan fingerprint density at radius 1 is 1.12 bits per heavy atom. The summed E-state index contributed by atoms with van der Waals surface area (Å²) in [6.45, 7) is 2.04. The lowest BCUT2D eigenvalue weighted by Gasteiger charge is -2.24. The van der Waals surface area contributed by atoms with Gasteiger partial charge in [0.1, 0.15) is 5.82 Å². The summed E-state index contributed by atoms with van der Waals surface area (Å²) in [4.78, 5) is 12.3. The number of anilines is 1. The third kappa shape index (κ3) is 2.49. The predicted molar refractivity (Wildman–Crippen MR) is 94.8 cm³/mol. The minimum Gasteiger partial charge on any atom is -0.310 e. The zero-order valence-corrected chi connectivity index (χ0v) is 13.9. The Morgan fingerprint density at radius 3 is 2.62 bits per heavy atom. The quantitative estimate of drug-likeness (QED) is 0.757. The smallest absolute Gasteiger partial charge is 0.226 e. The Labute approximate surface area is 145 Å². The average Bonchev–Trinajstić information content (AvgIpc) is 2.99. The molecule has 1 aromatic heterocycles. The molecule has 1 N–H and O–H groups in total. The molecule has 2 heterocycles. The van der Waals surface area contributed by atoms with Crippen LogP contribution in [0.15, 0.2) is 54.7 Å². The molecule has 1 aliphatic rings. The van der Waals surface area contributed by atoms with E-state index in [9.17, 15) is 4.79 Å². The summed E-state index contributed by atoms with van der Waals surface area (Å²) in [5, 5.41) is 8.13. The number of aromatic nitrogens is 2. The molecule has 1 amide bonds. The van der Waals surface area contributed by atoms with Gasteiger partial charge < -0.3 is 5.32 Å². The lowest BCUT2D eigenvalue weighted by molar-refractivity contribution is -0.116. The van der Waals surface area contributed by atoms with Crippen LogP contribution in [0.4, 0.5) is 5.82 Å². The number of nitrogens with one attached hydrogen (secondary N) is 1. The van der Waals surface area contributed by atoms with Crippen molar-refractivity contribution in [3.8, 4) is 5.69 Å². The Morgan fingerprint density at radius 2 is 1.88 bits per heavy atom. The fourth-order valence-corrected chi connectivity index (χ4v) is 3.40. The number of hydrogen-bond donors (Lipinski definition) is 1. The van der Waals surface area contributed by atoms with Crippen molar-refractivity contribution in [3.05, 3.63) is 76.4 Å². The van der Waals surface area contributed by atoms with Crippen molar-refractivity contribution >= 4 is 23.3 Å². The molecule has 0 bridgehead atoms. The molecule has 4 nitrogen and oxygen atoms in total. The molecule has 0 aliphatic carbocycles. The van der Waals surface area contributed by atoms with E-state index in [0.29, 0.717) is 11.4 Å². The molecule has 1 aliphatic heterocycles. The number of nitrogens with zero attached hydrogens (tertiary/aromatic N) is 2. The van der Waals surface area contributed by atoms with E-state index >= 15 is 0 Å². The molecule has 0 saturated carbocycles. The second kappa shape index (κ2) is 5.80. The molecule has 24 heavy (non-hydrogen) atoms. The first kappa shape index (κ1) is 15.0. The standard InChI is InChI=1S/C19H16ClN3O/c1-12-6-8-13(9-7-12)23-19-16(11-21-23)15(10-18(24)22-19)14-4-2-3-5-17(14)20/h2-9,11,15H,10H2,1H3,(H,22,24)/t15-/m1/s1. The van der Waals surface area contributed by atoms with Gasteiger partial charge in [0.25, 0.3) is 0 Å². The van der Waals surface area contributed by atoms with Gasteiger partial charge >= 0.3 is 0 Å². The number of carbonyl (C=O) groups is 1. The van der Waals surface area contributed by atoms with Crippen LogP contribution in [-0.4, -0.2) is 15.7 Å². The van der Waals surface area contributed by atoms with E-state index in [4.69, 9.17) is 11.6 Å². The number of carbonyl (C=O) groups excluding carboxylic acids is 1. The lowest BCUT2D eigenvalue weighted by Crippen LogP contribution is -2.24. The third-order valence-electron chi connectivity index (χ3n) is 4.38. The van der Waals surface area contributed by atoms with Crippen molar-refractivity contribution in [2.75, 3.05) is 5.32 Å². The monoisotopic (exact) mass is 337 g/mol. The van der Waals surface area contributed by atoms with Crippen molar-refractivity contribution < 1.29 is 4.79 Å². The largest absolute Gasteiger partial charge is 0.310 e. The first-order valence-corrected chi connectivity index (χ1v) is 8.20. The van der Waals surface area contributed by atoms with Crippen LogP contribution >= 0.6 is 11.6 Å². The third-order valence-corrected chi connectivity index (χ3v) is 4.72. The van der Waals surface area contributed by atoms with E-state index in [-0.39, 0.29) is 11.8 Å². The summed E-state index contributed by atoms with van der Waals surface area (Å²) in [6, 6.07) is 15.7. The highest BCUT2D eigenvalue weighted by atomic mass is 35.5. The SMILES string of the molecule is Cc1ccc(-n2ncc3c2NC(=O)C[C@@H]3c2ccccc2Cl)cc1. The summed E-state index contributed by atoms with van der Waals surface area (Å²) in [6.07, 6.45) is 2.19. The van der Waals surface area contributed by atoms with Gasteiger partial charge in [-0.1, -0.05) is 47.5 Å². The minimum atomic E-state index is -0.0818. The summed E-state index contributed by atoms with van der Waals surface area (Å²) in [7, 11) is 0. The highest BCUT2D eigenvalue weighted by Crippen LogP contribution is 2.40. The highest BCUT2D eigenvalue weighted by molar-refractivity contribution is 6.31. The Bertz CT molecular complexity index is 915. The van der Waals surface area contributed by atoms with Crippen LogP contribution in [0, 0.1) is 6.92 Å². The molecule has 0 saturated heterocycles. The summed E-state index contributed by atoms with van der Waals surface area (Å²) >= 11 is 6.35. The maximum absolute atomic E-state index is 12.3. The number of fused-ring (bicyclic) bond motifs is 1. The van der Waals surface area contributed by atoms with Gasteiger partial charge in [-0.3, -0.25) is 4.79 Å². The van der Waals surface area contributed by atoms with E-state index in [1.54, 1.807) is 4.68 Å². The van der Waals surface area contributed by atoms with Gasteiger partial charge in [0.2, 0.25) is 5.91 Å². The van der Waals surface area contributed by atoms with Gasteiger partial charge in [0.15, 0.2) is 0 Å². The number of aryl methyl sites for hydroxylation is 1. The summed E-state index contributed by atoms with van der Waals surface area (Å²) in [5.74, 6) is 0.614. The Balaban J connectivity index is 1.83. The Hall–Kier alpha value is -2.59. The maximum Gasteiger partial charge on any atom is 0.226 e. The van der Waals surface area contributed by atoms with Crippen LogP contribution in [0.3, 0.4) is 0 Å². The van der Waals surface area contributed by atoms with Crippen molar-refractivity contribution in [1.82, 2.24) is 9.78 Å². The highest BCUT2D eigenvalue weighted by Gasteiger charge is 2.31. The van der Waals surface area contributed by atoms with Crippen LogP contribution in [0.5, 0.6) is 0 Å². The van der Waals surface area contributed by atoms with Gasteiger partial charge in [-0.25, -0.2) is 4.68 Å². The number of benzene rings is 2. The molecule has 3 aromatic rings. The van der Waals surface area contributed by atoms with Crippen LogP contribution in [-0.2, 0) is 4.79 Å². The first-order chi connectivity index (χ1) is 11.6. The van der Waals surface area contributed by atoms with E-state index in [2.05, 4.69) is 10.4 Å². The molecule has 120 valence electrons. The van der Waals surface area contributed by atoms with Crippen molar-refractivity contribution in [2.24, 2.45) is 0 Å².